The second kappa shape index (κ2) is 6.52. The molecule has 0 aliphatic carbocycles. The quantitative estimate of drug-likeness (QED) is 0.919. The largest absolute Gasteiger partial charge is 0.373 e. The van der Waals surface area contributed by atoms with Gasteiger partial charge in [0, 0.05) is 53.7 Å². The van der Waals surface area contributed by atoms with Gasteiger partial charge in [-0.3, -0.25) is 4.68 Å². The van der Waals surface area contributed by atoms with E-state index < -0.39 is 0 Å². The molecule has 3 heterocycles. The minimum atomic E-state index is 0.186. The van der Waals surface area contributed by atoms with Crippen LogP contribution in [0.5, 0.6) is 0 Å². The average Bonchev–Trinajstić information content (AvgIpc) is 3.14. The summed E-state index contributed by atoms with van der Waals surface area (Å²) in [5.41, 5.74) is 3.62. The summed E-state index contributed by atoms with van der Waals surface area (Å²) >= 11 is 1.87. The first-order valence-electron chi connectivity index (χ1n) is 7.94. The van der Waals surface area contributed by atoms with E-state index in [2.05, 4.69) is 43.3 Å². The SMILES string of the molecule is Cc1ccc(CNCC2CCOC2c2c(C)nn(C)c2C)s1. The van der Waals surface area contributed by atoms with Crippen LogP contribution in [0.4, 0.5) is 0 Å². The highest BCUT2D eigenvalue weighted by atomic mass is 32.1. The van der Waals surface area contributed by atoms with Gasteiger partial charge in [-0.15, -0.1) is 11.3 Å². The van der Waals surface area contributed by atoms with Gasteiger partial charge in [0.2, 0.25) is 0 Å². The van der Waals surface area contributed by atoms with E-state index in [9.17, 15) is 0 Å². The summed E-state index contributed by atoms with van der Waals surface area (Å²) < 4.78 is 8.01. The predicted molar refractivity (Wildman–Crippen MR) is 90.2 cm³/mol. The van der Waals surface area contributed by atoms with E-state index in [0.29, 0.717) is 5.92 Å². The lowest BCUT2D eigenvalue weighted by molar-refractivity contribution is 0.0894. The Labute approximate surface area is 136 Å². The highest BCUT2D eigenvalue weighted by Gasteiger charge is 2.33. The highest BCUT2D eigenvalue weighted by Crippen LogP contribution is 2.37. The molecule has 2 unspecified atom stereocenters. The van der Waals surface area contributed by atoms with Gasteiger partial charge in [0.1, 0.15) is 0 Å². The molecule has 2 aromatic heterocycles. The number of nitrogens with one attached hydrogen (secondary N) is 1. The molecule has 0 radical (unpaired) electrons. The third-order valence-corrected chi connectivity index (χ3v) is 5.57. The fourth-order valence-corrected chi connectivity index (χ4v) is 4.18. The van der Waals surface area contributed by atoms with Crippen LogP contribution in [-0.2, 0) is 18.3 Å². The Kier molecular flexibility index (Phi) is 4.66. The normalized spacial score (nSPS) is 21.6. The zero-order valence-corrected chi connectivity index (χ0v) is 14.7. The number of aryl methyl sites for hydroxylation is 3. The molecule has 0 bridgehead atoms. The van der Waals surface area contributed by atoms with Gasteiger partial charge >= 0.3 is 0 Å². The maximum atomic E-state index is 6.04. The Morgan fingerprint density at radius 1 is 1.36 bits per heavy atom. The molecule has 1 saturated heterocycles. The lowest BCUT2D eigenvalue weighted by Gasteiger charge is -2.19. The highest BCUT2D eigenvalue weighted by molar-refractivity contribution is 7.11. The molecule has 22 heavy (non-hydrogen) atoms. The van der Waals surface area contributed by atoms with Crippen molar-refractivity contribution in [3.63, 3.8) is 0 Å². The molecule has 1 fully saturated rings. The molecular formula is C17H25N3OS. The van der Waals surface area contributed by atoms with E-state index in [1.165, 1.54) is 21.0 Å². The molecule has 0 aromatic carbocycles. The van der Waals surface area contributed by atoms with Gasteiger partial charge in [0.05, 0.1) is 11.8 Å². The van der Waals surface area contributed by atoms with Gasteiger partial charge in [-0.25, -0.2) is 0 Å². The van der Waals surface area contributed by atoms with Crippen LogP contribution < -0.4 is 5.32 Å². The molecular weight excluding hydrogens is 294 g/mol. The van der Waals surface area contributed by atoms with Crippen LogP contribution >= 0.6 is 11.3 Å². The Morgan fingerprint density at radius 2 is 2.18 bits per heavy atom. The fraction of sp³-hybridized carbons (Fsp3) is 0.588. The first kappa shape index (κ1) is 15.7. The van der Waals surface area contributed by atoms with E-state index in [1.54, 1.807) is 0 Å². The van der Waals surface area contributed by atoms with E-state index in [4.69, 9.17) is 4.74 Å². The summed E-state index contributed by atoms with van der Waals surface area (Å²) in [6.07, 6.45) is 1.31. The number of rotatable bonds is 5. The molecule has 1 aliphatic heterocycles. The monoisotopic (exact) mass is 319 g/mol. The lowest BCUT2D eigenvalue weighted by atomic mass is 9.94. The second-order valence-corrected chi connectivity index (χ2v) is 7.56. The molecule has 0 saturated carbocycles. The van der Waals surface area contributed by atoms with E-state index >= 15 is 0 Å². The number of nitrogens with zero attached hydrogens (tertiary/aromatic N) is 2. The third kappa shape index (κ3) is 3.12. The molecule has 2 atom stereocenters. The Hall–Kier alpha value is -1.17. The zero-order valence-electron chi connectivity index (χ0n) is 13.8. The van der Waals surface area contributed by atoms with Gasteiger partial charge in [-0.2, -0.15) is 5.10 Å². The minimum Gasteiger partial charge on any atom is -0.373 e. The zero-order chi connectivity index (χ0) is 15.7. The topological polar surface area (TPSA) is 39.1 Å². The van der Waals surface area contributed by atoms with Crippen LogP contribution in [0.1, 0.15) is 39.2 Å². The molecule has 0 amide bonds. The molecule has 0 spiro atoms. The van der Waals surface area contributed by atoms with Crippen LogP contribution in [0.3, 0.4) is 0 Å². The molecule has 5 heteroatoms. The predicted octanol–water partition coefficient (Wildman–Crippen LogP) is 3.27. The van der Waals surface area contributed by atoms with Gasteiger partial charge in [0.15, 0.2) is 0 Å². The van der Waals surface area contributed by atoms with Gasteiger partial charge < -0.3 is 10.1 Å². The number of aromatic nitrogens is 2. The van der Waals surface area contributed by atoms with Crippen molar-refractivity contribution in [2.45, 2.75) is 39.8 Å². The number of hydrogen-bond acceptors (Lipinski definition) is 4. The number of thiophene rings is 1. The van der Waals surface area contributed by atoms with Gasteiger partial charge in [0.25, 0.3) is 0 Å². The summed E-state index contributed by atoms with van der Waals surface area (Å²) in [6.45, 7) is 9.17. The summed E-state index contributed by atoms with van der Waals surface area (Å²) in [4.78, 5) is 2.78. The Morgan fingerprint density at radius 3 is 2.82 bits per heavy atom. The van der Waals surface area contributed by atoms with Crippen molar-refractivity contribution in [2.75, 3.05) is 13.2 Å². The summed E-state index contributed by atoms with van der Waals surface area (Å²) in [6, 6.07) is 4.40. The fourth-order valence-electron chi connectivity index (χ4n) is 3.32. The third-order valence-electron chi connectivity index (χ3n) is 4.57. The van der Waals surface area contributed by atoms with Crippen LogP contribution in [0.25, 0.3) is 0 Å². The van der Waals surface area contributed by atoms with E-state index in [0.717, 1.165) is 31.8 Å². The average molecular weight is 319 g/mol. The van der Waals surface area contributed by atoms with Crippen LogP contribution in [0.2, 0.25) is 0 Å². The second-order valence-electron chi connectivity index (χ2n) is 6.19. The summed E-state index contributed by atoms with van der Waals surface area (Å²) in [7, 11) is 2.01. The van der Waals surface area contributed by atoms with Crippen LogP contribution in [-0.4, -0.2) is 22.9 Å². The van der Waals surface area contributed by atoms with Gasteiger partial charge in [-0.05, 0) is 39.3 Å². The number of hydrogen-bond donors (Lipinski definition) is 1. The van der Waals surface area contributed by atoms with E-state index in [1.807, 2.05) is 23.1 Å². The Balaban J connectivity index is 1.63. The lowest BCUT2D eigenvalue weighted by Crippen LogP contribution is -2.24. The van der Waals surface area contributed by atoms with Crippen molar-refractivity contribution < 1.29 is 4.74 Å². The molecule has 120 valence electrons. The van der Waals surface area contributed by atoms with Crippen molar-refractivity contribution in [3.05, 3.63) is 38.8 Å². The first-order valence-corrected chi connectivity index (χ1v) is 8.75. The molecule has 1 N–H and O–H groups in total. The van der Waals surface area contributed by atoms with E-state index in [-0.39, 0.29) is 6.10 Å². The number of ether oxygens (including phenoxy) is 1. The smallest absolute Gasteiger partial charge is 0.0901 e. The maximum absolute atomic E-state index is 6.04. The van der Waals surface area contributed by atoms with Crippen molar-refractivity contribution in [3.8, 4) is 0 Å². The Bertz CT molecular complexity index is 646. The summed E-state index contributed by atoms with van der Waals surface area (Å²) in [5, 5.41) is 8.14. The van der Waals surface area contributed by atoms with Gasteiger partial charge in [-0.1, -0.05) is 0 Å². The molecule has 3 rings (SSSR count). The summed E-state index contributed by atoms with van der Waals surface area (Å²) in [5.74, 6) is 0.530. The minimum absolute atomic E-state index is 0.186. The van der Waals surface area contributed by atoms with Crippen molar-refractivity contribution in [2.24, 2.45) is 13.0 Å². The van der Waals surface area contributed by atoms with Crippen LogP contribution in [0.15, 0.2) is 12.1 Å². The molecule has 4 nitrogen and oxygen atoms in total. The maximum Gasteiger partial charge on any atom is 0.0901 e. The first-order chi connectivity index (χ1) is 10.6. The molecule has 1 aliphatic rings. The van der Waals surface area contributed by atoms with Crippen molar-refractivity contribution >= 4 is 11.3 Å². The standard InChI is InChI=1S/C17H25N3OS/c1-11-5-6-15(22-11)10-18-9-14-7-8-21-17(14)16-12(2)19-20(4)13(16)3/h5-6,14,17-18H,7-10H2,1-4H3. The van der Waals surface area contributed by atoms with Crippen LogP contribution in [0, 0.1) is 26.7 Å². The molecule has 2 aromatic rings. The van der Waals surface area contributed by atoms with Crippen molar-refractivity contribution in [1.82, 2.24) is 15.1 Å². The van der Waals surface area contributed by atoms with Crippen molar-refractivity contribution in [1.29, 1.82) is 0 Å².